The summed E-state index contributed by atoms with van der Waals surface area (Å²) in [5, 5.41) is 10.7. The van der Waals surface area contributed by atoms with Gasteiger partial charge in [0.25, 0.3) is 11.6 Å². The van der Waals surface area contributed by atoms with E-state index in [0.717, 1.165) is 6.42 Å². The highest BCUT2D eigenvalue weighted by Crippen LogP contribution is 2.21. The summed E-state index contributed by atoms with van der Waals surface area (Å²) in [6.45, 7) is 2.96. The summed E-state index contributed by atoms with van der Waals surface area (Å²) in [6, 6.07) is 13.9. The molecule has 0 aromatic heterocycles. The predicted molar refractivity (Wildman–Crippen MR) is 88.7 cm³/mol. The number of non-ortho nitro benzene ring substituents is 1. The van der Waals surface area contributed by atoms with Gasteiger partial charge in [0, 0.05) is 25.2 Å². The lowest BCUT2D eigenvalue weighted by molar-refractivity contribution is -0.384. The number of carbonyl (C=O) groups is 1. The Labute approximate surface area is 139 Å². The Balaban J connectivity index is 1.64. The fraction of sp³-hybridized carbons (Fsp3) is 0.278. The molecule has 1 heterocycles. The zero-order valence-electron chi connectivity index (χ0n) is 13.3. The summed E-state index contributed by atoms with van der Waals surface area (Å²) in [6.07, 6.45) is 0.198. The summed E-state index contributed by atoms with van der Waals surface area (Å²) in [7, 11) is 0. The second kappa shape index (κ2) is 6.70. The van der Waals surface area contributed by atoms with Crippen LogP contribution in [0.2, 0.25) is 0 Å². The van der Waals surface area contributed by atoms with Gasteiger partial charge in [0.2, 0.25) is 0 Å². The Morgan fingerprint density at radius 1 is 1.17 bits per heavy atom. The number of carbonyl (C=O) groups excluding carboxylic acids is 1. The van der Waals surface area contributed by atoms with Crippen LogP contribution in [0.4, 0.5) is 5.69 Å². The summed E-state index contributed by atoms with van der Waals surface area (Å²) in [5.41, 5.74) is 2.44. The Kier molecular flexibility index (Phi) is 4.46. The number of benzene rings is 2. The first-order valence-electron chi connectivity index (χ1n) is 7.81. The van der Waals surface area contributed by atoms with Gasteiger partial charge in [-0.1, -0.05) is 24.3 Å². The molecule has 24 heavy (non-hydrogen) atoms. The molecule has 0 saturated heterocycles. The molecule has 1 aliphatic rings. The van der Waals surface area contributed by atoms with E-state index < -0.39 is 11.0 Å². The van der Waals surface area contributed by atoms with Crippen molar-refractivity contribution in [3.8, 4) is 5.75 Å². The van der Waals surface area contributed by atoms with Crippen molar-refractivity contribution in [3.05, 3.63) is 69.8 Å². The first-order valence-corrected chi connectivity index (χ1v) is 7.81. The van der Waals surface area contributed by atoms with Crippen LogP contribution in [-0.4, -0.2) is 28.4 Å². The lowest BCUT2D eigenvalue weighted by Crippen LogP contribution is -2.43. The topological polar surface area (TPSA) is 72.7 Å². The minimum absolute atomic E-state index is 0.00559. The minimum atomic E-state index is -0.642. The third kappa shape index (κ3) is 3.37. The molecule has 0 aliphatic carbocycles. The normalized spacial score (nSPS) is 14.6. The number of nitro benzene ring substituents is 1. The summed E-state index contributed by atoms with van der Waals surface area (Å²) in [4.78, 5) is 24.6. The first kappa shape index (κ1) is 16.0. The van der Waals surface area contributed by atoms with Gasteiger partial charge in [-0.05, 0) is 36.6 Å². The smallest absolute Gasteiger partial charge is 0.269 e. The van der Waals surface area contributed by atoms with Crippen molar-refractivity contribution in [3.63, 3.8) is 0 Å². The van der Waals surface area contributed by atoms with Crippen LogP contribution in [0.1, 0.15) is 18.1 Å². The van der Waals surface area contributed by atoms with E-state index in [1.54, 1.807) is 11.8 Å². The second-order valence-electron chi connectivity index (χ2n) is 5.79. The van der Waals surface area contributed by atoms with Crippen LogP contribution in [-0.2, 0) is 17.8 Å². The third-order valence-corrected chi connectivity index (χ3v) is 4.15. The van der Waals surface area contributed by atoms with Crippen LogP contribution < -0.4 is 4.74 Å². The number of amides is 1. The van der Waals surface area contributed by atoms with E-state index in [-0.39, 0.29) is 11.6 Å². The molecule has 0 radical (unpaired) electrons. The number of fused-ring (bicyclic) bond motifs is 1. The fourth-order valence-corrected chi connectivity index (χ4v) is 2.84. The molecule has 2 aromatic rings. The van der Waals surface area contributed by atoms with Crippen LogP contribution >= 0.6 is 0 Å². The van der Waals surface area contributed by atoms with E-state index in [2.05, 4.69) is 6.07 Å². The van der Waals surface area contributed by atoms with E-state index in [0.29, 0.717) is 18.8 Å². The molecule has 0 spiro atoms. The quantitative estimate of drug-likeness (QED) is 0.639. The SMILES string of the molecule is C[C@@H](Oc1ccc([N+](=O)[O-])cc1)C(=O)N1CCc2ccccc2C1. The van der Waals surface area contributed by atoms with E-state index in [4.69, 9.17) is 4.74 Å². The molecule has 3 rings (SSSR count). The number of rotatable bonds is 4. The van der Waals surface area contributed by atoms with Gasteiger partial charge in [-0.2, -0.15) is 0 Å². The van der Waals surface area contributed by atoms with Gasteiger partial charge >= 0.3 is 0 Å². The lowest BCUT2D eigenvalue weighted by Gasteiger charge is -2.30. The largest absolute Gasteiger partial charge is 0.481 e. The van der Waals surface area contributed by atoms with Crippen LogP contribution in [0.5, 0.6) is 5.75 Å². The third-order valence-electron chi connectivity index (χ3n) is 4.15. The molecule has 1 aliphatic heterocycles. The van der Waals surface area contributed by atoms with Gasteiger partial charge in [0.15, 0.2) is 6.10 Å². The van der Waals surface area contributed by atoms with Crippen LogP contribution in [0.3, 0.4) is 0 Å². The molecule has 0 saturated carbocycles. The Hall–Kier alpha value is -2.89. The number of hydrogen-bond acceptors (Lipinski definition) is 4. The standard InChI is InChI=1S/C18H18N2O4/c1-13(24-17-8-6-16(7-9-17)20(22)23)18(21)19-11-10-14-4-2-3-5-15(14)12-19/h2-9,13H,10-12H2,1H3/t13-/m1/s1. The second-order valence-corrected chi connectivity index (χ2v) is 5.79. The summed E-state index contributed by atoms with van der Waals surface area (Å²) in [5.74, 6) is 0.363. The molecule has 0 N–H and O–H groups in total. The summed E-state index contributed by atoms with van der Waals surface area (Å²) < 4.78 is 5.64. The molecule has 6 nitrogen and oxygen atoms in total. The van der Waals surface area contributed by atoms with Gasteiger partial charge in [0.1, 0.15) is 5.75 Å². The van der Waals surface area contributed by atoms with Crippen molar-refractivity contribution in [1.82, 2.24) is 4.90 Å². The van der Waals surface area contributed by atoms with Crippen molar-refractivity contribution in [2.45, 2.75) is 26.0 Å². The van der Waals surface area contributed by atoms with Gasteiger partial charge in [-0.3, -0.25) is 14.9 Å². The average molecular weight is 326 g/mol. The first-order chi connectivity index (χ1) is 11.5. The fourth-order valence-electron chi connectivity index (χ4n) is 2.84. The van der Waals surface area contributed by atoms with Crippen molar-refractivity contribution < 1.29 is 14.5 Å². The minimum Gasteiger partial charge on any atom is -0.481 e. The maximum atomic E-state index is 12.6. The maximum Gasteiger partial charge on any atom is 0.269 e. The van der Waals surface area contributed by atoms with E-state index in [1.165, 1.54) is 35.4 Å². The lowest BCUT2D eigenvalue weighted by atomic mass is 9.99. The van der Waals surface area contributed by atoms with Gasteiger partial charge in [-0.15, -0.1) is 0 Å². The molecule has 2 aromatic carbocycles. The van der Waals surface area contributed by atoms with Crippen molar-refractivity contribution in [1.29, 1.82) is 0 Å². The number of hydrogen-bond donors (Lipinski definition) is 0. The highest BCUT2D eigenvalue weighted by Gasteiger charge is 2.25. The Morgan fingerprint density at radius 2 is 1.83 bits per heavy atom. The molecule has 0 unspecified atom stereocenters. The Bertz CT molecular complexity index is 758. The maximum absolute atomic E-state index is 12.6. The molecule has 1 amide bonds. The highest BCUT2D eigenvalue weighted by atomic mass is 16.6. The molecular weight excluding hydrogens is 308 g/mol. The molecule has 124 valence electrons. The van der Waals surface area contributed by atoms with E-state index >= 15 is 0 Å². The number of nitro groups is 1. The molecule has 6 heteroatoms. The molecular formula is C18H18N2O4. The zero-order valence-corrected chi connectivity index (χ0v) is 13.3. The van der Waals surface area contributed by atoms with Crippen molar-refractivity contribution >= 4 is 11.6 Å². The van der Waals surface area contributed by atoms with E-state index in [1.807, 2.05) is 18.2 Å². The van der Waals surface area contributed by atoms with Gasteiger partial charge in [-0.25, -0.2) is 0 Å². The predicted octanol–water partition coefficient (Wildman–Crippen LogP) is 2.95. The molecule has 1 atom stereocenters. The van der Waals surface area contributed by atoms with Crippen LogP contribution in [0, 0.1) is 10.1 Å². The molecule has 0 fully saturated rings. The Morgan fingerprint density at radius 3 is 2.50 bits per heavy atom. The number of nitrogens with zero attached hydrogens (tertiary/aromatic N) is 2. The van der Waals surface area contributed by atoms with Crippen molar-refractivity contribution in [2.75, 3.05) is 6.54 Å². The van der Waals surface area contributed by atoms with Gasteiger partial charge in [0.05, 0.1) is 4.92 Å². The van der Waals surface area contributed by atoms with Crippen molar-refractivity contribution in [2.24, 2.45) is 0 Å². The zero-order chi connectivity index (χ0) is 17.1. The number of ether oxygens (including phenoxy) is 1. The summed E-state index contributed by atoms with van der Waals surface area (Å²) >= 11 is 0. The van der Waals surface area contributed by atoms with Crippen LogP contribution in [0.15, 0.2) is 48.5 Å². The molecule has 0 bridgehead atoms. The van der Waals surface area contributed by atoms with Gasteiger partial charge < -0.3 is 9.64 Å². The highest BCUT2D eigenvalue weighted by molar-refractivity contribution is 5.81. The monoisotopic (exact) mass is 326 g/mol. The van der Waals surface area contributed by atoms with Crippen LogP contribution in [0.25, 0.3) is 0 Å². The average Bonchev–Trinajstić information content (AvgIpc) is 2.61. The van der Waals surface area contributed by atoms with E-state index in [9.17, 15) is 14.9 Å².